The molecule has 0 amide bonds. The molecule has 15 heavy (non-hydrogen) atoms. The molecule has 0 atom stereocenters. The first-order valence-corrected chi connectivity index (χ1v) is 5.96. The highest BCUT2D eigenvalue weighted by Gasteiger charge is 1.98. The van der Waals surface area contributed by atoms with Crippen LogP contribution in [0.4, 0.5) is 5.69 Å². The molecule has 0 unspecified atom stereocenters. The zero-order valence-electron chi connectivity index (χ0n) is 11.0. The van der Waals surface area contributed by atoms with Gasteiger partial charge in [-0.15, -0.1) is 0 Å². The normalized spacial score (nSPS) is 9.87. The smallest absolute Gasteiger partial charge is 0.0342 e. The Bertz CT molecular complexity index is 247. The van der Waals surface area contributed by atoms with Crippen LogP contribution in [0.2, 0.25) is 0 Å². The summed E-state index contributed by atoms with van der Waals surface area (Å²) in [5.41, 5.74) is 2.61. The highest BCUT2D eigenvalue weighted by Crippen LogP contribution is 2.17. The lowest BCUT2D eigenvalue weighted by Gasteiger charge is -2.11. The number of benzene rings is 1. The van der Waals surface area contributed by atoms with Crippen molar-refractivity contribution in [3.05, 3.63) is 29.8 Å². The standard InChI is InChI=1S/C12H19N.C2H6/c1-9(2)11-5-7-12(8-6-11)13-10(3)4;1-2/h5-10,13H,1-4H3;1-2H3. The Morgan fingerprint density at radius 1 is 0.867 bits per heavy atom. The van der Waals surface area contributed by atoms with E-state index in [-0.39, 0.29) is 0 Å². The van der Waals surface area contributed by atoms with Gasteiger partial charge in [-0.3, -0.25) is 0 Å². The van der Waals surface area contributed by atoms with Crippen LogP contribution in [0.15, 0.2) is 24.3 Å². The Hall–Kier alpha value is -0.980. The molecule has 0 saturated carbocycles. The molecule has 0 spiro atoms. The summed E-state index contributed by atoms with van der Waals surface area (Å²) >= 11 is 0. The Morgan fingerprint density at radius 2 is 1.33 bits per heavy atom. The Balaban J connectivity index is 0.000000921. The monoisotopic (exact) mass is 207 g/mol. The van der Waals surface area contributed by atoms with E-state index in [4.69, 9.17) is 0 Å². The maximum absolute atomic E-state index is 3.37. The molecule has 0 fully saturated rings. The van der Waals surface area contributed by atoms with Gasteiger partial charge in [-0.1, -0.05) is 39.8 Å². The second kappa shape index (κ2) is 7.33. The summed E-state index contributed by atoms with van der Waals surface area (Å²) in [5, 5.41) is 3.37. The number of rotatable bonds is 3. The molecule has 0 saturated heterocycles. The number of nitrogens with one attached hydrogen (secondary N) is 1. The maximum atomic E-state index is 3.37. The molecule has 0 heterocycles. The molecule has 0 aliphatic heterocycles. The minimum atomic E-state index is 0.505. The first-order chi connectivity index (χ1) is 7.09. The van der Waals surface area contributed by atoms with Crippen LogP contribution in [0.5, 0.6) is 0 Å². The third-order valence-corrected chi connectivity index (χ3v) is 2.03. The summed E-state index contributed by atoms with van der Waals surface area (Å²) in [6.07, 6.45) is 0. The highest BCUT2D eigenvalue weighted by atomic mass is 14.9. The van der Waals surface area contributed by atoms with Crippen molar-refractivity contribution in [2.45, 2.75) is 53.5 Å². The predicted octanol–water partition coefficient (Wildman–Crippen LogP) is 4.66. The lowest BCUT2D eigenvalue weighted by molar-refractivity contribution is 0.864. The average molecular weight is 207 g/mol. The number of anilines is 1. The fourth-order valence-electron chi connectivity index (χ4n) is 1.30. The van der Waals surface area contributed by atoms with Crippen molar-refractivity contribution in [2.75, 3.05) is 5.32 Å². The van der Waals surface area contributed by atoms with Gasteiger partial charge in [0.1, 0.15) is 0 Å². The van der Waals surface area contributed by atoms with E-state index in [9.17, 15) is 0 Å². The van der Waals surface area contributed by atoms with Crippen LogP contribution in [0, 0.1) is 0 Å². The van der Waals surface area contributed by atoms with Crippen LogP contribution < -0.4 is 5.32 Å². The molecule has 1 rings (SSSR count). The number of hydrogen-bond donors (Lipinski definition) is 1. The molecule has 1 aromatic rings. The lowest BCUT2D eigenvalue weighted by atomic mass is 10.0. The number of hydrogen-bond acceptors (Lipinski definition) is 1. The second-order valence-corrected chi connectivity index (χ2v) is 4.08. The summed E-state index contributed by atoms with van der Waals surface area (Å²) in [7, 11) is 0. The zero-order chi connectivity index (χ0) is 11.8. The minimum absolute atomic E-state index is 0.505. The molecular weight excluding hydrogens is 182 g/mol. The van der Waals surface area contributed by atoms with Crippen LogP contribution in [0.25, 0.3) is 0 Å². The van der Waals surface area contributed by atoms with Crippen LogP contribution >= 0.6 is 0 Å². The lowest BCUT2D eigenvalue weighted by Crippen LogP contribution is -2.09. The summed E-state index contributed by atoms with van der Waals surface area (Å²) in [4.78, 5) is 0. The molecular formula is C14H25N. The molecule has 0 aliphatic rings. The first kappa shape index (κ1) is 14.0. The van der Waals surface area contributed by atoms with Crippen molar-refractivity contribution in [1.29, 1.82) is 0 Å². The van der Waals surface area contributed by atoms with Gasteiger partial charge in [0.15, 0.2) is 0 Å². The van der Waals surface area contributed by atoms with Crippen molar-refractivity contribution in [3.63, 3.8) is 0 Å². The third-order valence-electron chi connectivity index (χ3n) is 2.03. The third kappa shape index (κ3) is 5.46. The maximum Gasteiger partial charge on any atom is 0.0342 e. The van der Waals surface area contributed by atoms with Gasteiger partial charge in [-0.05, 0) is 37.5 Å². The zero-order valence-corrected chi connectivity index (χ0v) is 11.0. The van der Waals surface area contributed by atoms with E-state index >= 15 is 0 Å². The topological polar surface area (TPSA) is 12.0 Å². The quantitative estimate of drug-likeness (QED) is 0.760. The van der Waals surface area contributed by atoms with Crippen molar-refractivity contribution in [3.8, 4) is 0 Å². The van der Waals surface area contributed by atoms with Crippen LogP contribution in [0.1, 0.15) is 53.0 Å². The molecule has 86 valence electrons. The Morgan fingerprint density at radius 3 is 1.67 bits per heavy atom. The van der Waals surface area contributed by atoms with E-state index in [1.54, 1.807) is 0 Å². The molecule has 0 radical (unpaired) electrons. The molecule has 0 bridgehead atoms. The minimum Gasteiger partial charge on any atom is -0.383 e. The van der Waals surface area contributed by atoms with E-state index in [1.165, 1.54) is 11.3 Å². The van der Waals surface area contributed by atoms with E-state index in [0.717, 1.165) is 0 Å². The van der Waals surface area contributed by atoms with Crippen LogP contribution in [0.3, 0.4) is 0 Å². The summed E-state index contributed by atoms with van der Waals surface area (Å²) in [5.74, 6) is 0.619. The van der Waals surface area contributed by atoms with Crippen molar-refractivity contribution < 1.29 is 0 Å². The fraction of sp³-hybridized carbons (Fsp3) is 0.571. The summed E-state index contributed by atoms with van der Waals surface area (Å²) in [6.45, 7) is 12.7. The summed E-state index contributed by atoms with van der Waals surface area (Å²) < 4.78 is 0. The molecule has 1 N–H and O–H groups in total. The molecule has 1 heteroatoms. The van der Waals surface area contributed by atoms with Crippen LogP contribution in [-0.4, -0.2) is 6.04 Å². The van der Waals surface area contributed by atoms with Gasteiger partial charge in [-0.2, -0.15) is 0 Å². The highest BCUT2D eigenvalue weighted by molar-refractivity contribution is 5.45. The molecule has 0 aromatic heterocycles. The first-order valence-electron chi connectivity index (χ1n) is 5.96. The van der Waals surface area contributed by atoms with Crippen molar-refractivity contribution in [2.24, 2.45) is 0 Å². The van der Waals surface area contributed by atoms with Crippen molar-refractivity contribution >= 4 is 5.69 Å². The second-order valence-electron chi connectivity index (χ2n) is 4.08. The van der Waals surface area contributed by atoms with E-state index in [1.807, 2.05) is 13.8 Å². The Labute approximate surface area is 94.9 Å². The molecule has 1 nitrogen and oxygen atoms in total. The van der Waals surface area contributed by atoms with Crippen LogP contribution in [-0.2, 0) is 0 Å². The predicted molar refractivity (Wildman–Crippen MR) is 70.6 cm³/mol. The van der Waals surface area contributed by atoms with Gasteiger partial charge < -0.3 is 5.32 Å². The fourth-order valence-corrected chi connectivity index (χ4v) is 1.30. The van der Waals surface area contributed by atoms with Gasteiger partial charge in [0.2, 0.25) is 0 Å². The van der Waals surface area contributed by atoms with Gasteiger partial charge in [-0.25, -0.2) is 0 Å². The van der Waals surface area contributed by atoms with E-state index in [2.05, 4.69) is 57.3 Å². The Kier molecular flexibility index (Phi) is 6.85. The average Bonchev–Trinajstić information content (AvgIpc) is 2.20. The van der Waals surface area contributed by atoms with Crippen molar-refractivity contribution in [1.82, 2.24) is 0 Å². The van der Waals surface area contributed by atoms with Gasteiger partial charge in [0, 0.05) is 11.7 Å². The van der Waals surface area contributed by atoms with Gasteiger partial charge in [0.05, 0.1) is 0 Å². The summed E-state index contributed by atoms with van der Waals surface area (Å²) in [6, 6.07) is 9.18. The molecule has 0 aliphatic carbocycles. The van der Waals surface area contributed by atoms with E-state index in [0.29, 0.717) is 12.0 Å². The molecule has 1 aromatic carbocycles. The van der Waals surface area contributed by atoms with Gasteiger partial charge in [0.25, 0.3) is 0 Å². The SMILES string of the molecule is CC.CC(C)Nc1ccc(C(C)C)cc1. The largest absolute Gasteiger partial charge is 0.383 e. The van der Waals surface area contributed by atoms with Gasteiger partial charge >= 0.3 is 0 Å². The van der Waals surface area contributed by atoms with E-state index < -0.39 is 0 Å².